The molecule has 0 unspecified atom stereocenters. The molecular weight excluding hydrogens is 1440 g/mol. The van der Waals surface area contributed by atoms with Crippen molar-refractivity contribution in [2.75, 3.05) is 50.1 Å². The number of hydrogen-bond donors (Lipinski definition) is 6. The first kappa shape index (κ1) is 91.2. The summed E-state index contributed by atoms with van der Waals surface area (Å²) >= 11 is 29.3. The number of carbonyl (C=O) groups is 4. The van der Waals surface area contributed by atoms with Gasteiger partial charge in [0.2, 0.25) is 23.5 Å². The summed E-state index contributed by atoms with van der Waals surface area (Å²) in [4.78, 5) is 80.9. The SMILES string of the molecule is C.CCCC[C@@](C)(N)CCC(C)=O.CCCC[C@](C)(CCC(C)=O)Nc1nc(N)nc2cc(Cl)cnc12.CCCC[C@](C)(CCC(C)=O)Nc1nc(NCc2ccc(OC)cc2OC)nc2cc(Cl)cnc12.COc1ccc(CN)c(OC)c1.Clc1cnc2c(Cl)nc(Cl)nc2c1.O=CC(F)(F)F. The number of rotatable bonds is 30. The van der Waals surface area contributed by atoms with E-state index in [1.165, 1.54) is 12.6 Å². The lowest BCUT2D eigenvalue weighted by Gasteiger charge is -2.32. The van der Waals surface area contributed by atoms with Gasteiger partial charge in [-0.25, -0.2) is 34.9 Å². The van der Waals surface area contributed by atoms with Crippen LogP contribution in [-0.2, 0) is 32.3 Å². The zero-order valence-corrected chi connectivity index (χ0v) is 63.9. The molecule has 31 heteroatoms. The number of ether oxygens (including phenoxy) is 4. The molecule has 0 aliphatic carbocycles. The Balaban J connectivity index is 0.000000458. The normalized spacial score (nSPS) is 12.5. The van der Waals surface area contributed by atoms with Crippen LogP contribution in [0, 0.1) is 0 Å². The number of Topliss-reactive ketones (excluding diaryl/α,β-unsaturated/α-hetero) is 3. The van der Waals surface area contributed by atoms with Crippen LogP contribution in [0.25, 0.3) is 33.1 Å². The predicted molar refractivity (Wildman–Crippen MR) is 410 cm³/mol. The van der Waals surface area contributed by atoms with Crippen molar-refractivity contribution in [1.29, 1.82) is 0 Å². The monoisotopic (exact) mass is 1530 g/mol. The quantitative estimate of drug-likeness (QED) is 0.0138. The molecule has 0 bridgehead atoms. The van der Waals surface area contributed by atoms with Crippen LogP contribution >= 0.6 is 58.0 Å². The number of alkyl halides is 3. The molecule has 8 rings (SSSR count). The van der Waals surface area contributed by atoms with E-state index in [1.807, 2.05) is 43.3 Å². The second kappa shape index (κ2) is 45.4. The van der Waals surface area contributed by atoms with E-state index in [9.17, 15) is 27.6 Å². The van der Waals surface area contributed by atoms with Crippen LogP contribution in [0.1, 0.15) is 177 Å². The Morgan fingerprint density at radius 2 is 0.951 bits per heavy atom. The number of carbonyl (C=O) groups excluding carboxylic acids is 4. The van der Waals surface area contributed by atoms with Crippen molar-refractivity contribution in [1.82, 2.24) is 44.9 Å². The largest absolute Gasteiger partial charge is 0.497 e. The third kappa shape index (κ3) is 33.6. The standard InChI is InChI=1S/C26H34ClN5O3.C17H24ClN5O.C10H21NO.C9H13NO2.C7H2Cl3N3.C2HF3O.CH4/c1-6-7-11-26(3,12-10-17(2)33)32-24-23-21(13-19(27)16-28-23)30-25(31-24)29-15-18-8-9-20(34-4)14-22(18)35-5;1-4-5-7-17(3,8-6-11(2)24)23-15-14-13(21-16(19)22-15)9-12(18)10-20-14;1-4-5-7-10(3,11)8-6-9(2)12;1-11-8-4-3-7(6-10)9(5-8)12-2;8-3-1-4-5(11-2-3)6(9)13-7(10)12-4;3-2(4,5)1-6;/h8-9,13-14,16H,6-7,10-12,15H2,1-5H3,(H2,29,30,31,32);9-10H,4-8H2,1-3H3,(H3,19,21,22,23);4-8,11H2,1-3H3;3-5H,6,10H2,1-2H3;1-2H;1H;1H4/t26-;17-;10-;;;;/m111..../s1. The summed E-state index contributed by atoms with van der Waals surface area (Å²) in [6.45, 7) is 18.5. The minimum atomic E-state index is -4.64. The highest BCUT2D eigenvalue weighted by Gasteiger charge is 2.29. The lowest BCUT2D eigenvalue weighted by Crippen LogP contribution is -2.36. The number of pyridine rings is 3. The molecule has 0 amide bonds. The number of unbranched alkanes of at least 4 members (excludes halogenated alkanes) is 3. The van der Waals surface area contributed by atoms with E-state index in [0.717, 1.165) is 92.6 Å². The van der Waals surface area contributed by atoms with Crippen LogP contribution in [-0.4, -0.2) is 120 Å². The lowest BCUT2D eigenvalue weighted by molar-refractivity contribution is -0.156. The van der Waals surface area contributed by atoms with Gasteiger partial charge in [-0.05, 0) is 128 Å². The lowest BCUT2D eigenvalue weighted by atomic mass is 9.89. The van der Waals surface area contributed by atoms with Crippen molar-refractivity contribution in [2.45, 2.75) is 202 Å². The number of hydrogen-bond acceptors (Lipinski definition) is 23. The van der Waals surface area contributed by atoms with Gasteiger partial charge in [-0.1, -0.05) is 119 Å². The fourth-order valence-corrected chi connectivity index (χ4v) is 10.6. The van der Waals surface area contributed by atoms with Crippen LogP contribution < -0.4 is 52.1 Å². The summed E-state index contributed by atoms with van der Waals surface area (Å²) in [6.07, 6.45) is 12.2. The van der Waals surface area contributed by atoms with Gasteiger partial charge in [-0.15, -0.1) is 0 Å². The van der Waals surface area contributed by atoms with E-state index in [1.54, 1.807) is 79.8 Å². The van der Waals surface area contributed by atoms with Crippen molar-refractivity contribution >= 4 is 138 Å². The maximum atomic E-state index is 11.7. The first-order valence-corrected chi connectivity index (χ1v) is 34.8. The first-order valence-electron chi connectivity index (χ1n) is 32.9. The van der Waals surface area contributed by atoms with Crippen LogP contribution in [0.5, 0.6) is 23.0 Å². The molecule has 23 nitrogen and oxygen atoms in total. The van der Waals surface area contributed by atoms with E-state index < -0.39 is 12.5 Å². The molecule has 3 atom stereocenters. The maximum Gasteiger partial charge on any atom is 0.446 e. The van der Waals surface area contributed by atoms with Crippen LogP contribution in [0.3, 0.4) is 0 Å². The Morgan fingerprint density at radius 3 is 1.38 bits per heavy atom. The number of halogens is 8. The van der Waals surface area contributed by atoms with Crippen molar-refractivity contribution < 1.29 is 51.3 Å². The molecule has 0 saturated heterocycles. The number of fused-ring (bicyclic) bond motifs is 3. The van der Waals surface area contributed by atoms with Gasteiger partial charge < -0.3 is 66.5 Å². The number of nitrogens with one attached hydrogen (secondary N) is 3. The molecule has 103 heavy (non-hydrogen) atoms. The molecule has 6 aromatic heterocycles. The zero-order chi connectivity index (χ0) is 76.4. The molecule has 0 saturated carbocycles. The maximum absolute atomic E-state index is 11.7. The van der Waals surface area contributed by atoms with Crippen LogP contribution in [0.15, 0.2) is 73.2 Å². The molecule has 0 spiro atoms. The highest BCUT2D eigenvalue weighted by molar-refractivity contribution is 6.36. The average molecular weight is 1540 g/mol. The van der Waals surface area contributed by atoms with Crippen molar-refractivity contribution in [3.63, 3.8) is 0 Å². The average Bonchev–Trinajstić information content (AvgIpc) is 0.799. The Hall–Kier alpha value is -7.85. The van der Waals surface area contributed by atoms with E-state index in [2.05, 4.69) is 90.4 Å². The molecule has 566 valence electrons. The van der Waals surface area contributed by atoms with Gasteiger partial charge in [0, 0.05) is 90.8 Å². The fraction of sp³-hybridized carbons (Fsp3) is 0.486. The Kier molecular flexibility index (Phi) is 40.2. The zero-order valence-electron chi connectivity index (χ0n) is 60.1. The predicted octanol–water partition coefficient (Wildman–Crippen LogP) is 17.8. The minimum absolute atomic E-state index is 0. The number of nitrogens with zero attached hydrogens (tertiary/aromatic N) is 9. The summed E-state index contributed by atoms with van der Waals surface area (Å²) in [5.41, 5.74) is 22.0. The van der Waals surface area contributed by atoms with Gasteiger partial charge in [-0.3, -0.25) is 4.79 Å². The number of benzene rings is 2. The molecule has 0 aliphatic rings. The van der Waals surface area contributed by atoms with Crippen molar-refractivity contribution in [2.24, 2.45) is 11.5 Å². The van der Waals surface area contributed by atoms with E-state index in [4.69, 9.17) is 104 Å². The van der Waals surface area contributed by atoms with Gasteiger partial charge >= 0.3 is 6.18 Å². The third-order valence-corrected chi connectivity index (χ3v) is 16.5. The van der Waals surface area contributed by atoms with E-state index >= 15 is 0 Å². The second-order valence-electron chi connectivity index (χ2n) is 24.7. The number of nitrogens with two attached hydrogens (primary N) is 3. The summed E-state index contributed by atoms with van der Waals surface area (Å²) in [6, 6.07) is 16.4. The minimum Gasteiger partial charge on any atom is -0.497 e. The number of anilines is 4. The number of aromatic nitrogens is 9. The Bertz CT molecular complexity index is 3990. The van der Waals surface area contributed by atoms with Gasteiger partial charge in [0.1, 0.15) is 56.9 Å². The molecule has 0 radical (unpaired) electrons. The second-order valence-corrected chi connectivity index (χ2v) is 26.7. The molecule has 6 heterocycles. The van der Waals surface area contributed by atoms with Crippen molar-refractivity contribution in [3.8, 4) is 23.0 Å². The number of ketones is 3. The molecule has 0 aliphatic heterocycles. The molecule has 2 aromatic carbocycles. The number of nitrogen functional groups attached to an aromatic ring is 1. The van der Waals surface area contributed by atoms with Crippen LogP contribution in [0.2, 0.25) is 25.5 Å². The van der Waals surface area contributed by atoms with Gasteiger partial charge in [0.05, 0.1) is 60.1 Å². The smallest absolute Gasteiger partial charge is 0.446 e. The highest BCUT2D eigenvalue weighted by atomic mass is 35.5. The Labute approximate surface area is 627 Å². The third-order valence-electron chi connectivity index (χ3n) is 15.4. The van der Waals surface area contributed by atoms with Crippen LogP contribution in [0.4, 0.5) is 36.7 Å². The summed E-state index contributed by atoms with van der Waals surface area (Å²) in [5.74, 6) is 5.36. The first-order chi connectivity index (χ1) is 48.1. The number of aldehydes is 1. The van der Waals surface area contributed by atoms with Gasteiger partial charge in [0.25, 0.3) is 0 Å². The molecule has 0 fully saturated rings. The summed E-state index contributed by atoms with van der Waals surface area (Å²) in [5, 5.41) is 12.1. The highest BCUT2D eigenvalue weighted by Crippen LogP contribution is 2.34. The number of methoxy groups -OCH3 is 4. The van der Waals surface area contributed by atoms with Gasteiger partial charge in [0.15, 0.2) is 16.8 Å². The molecule has 9 N–H and O–H groups in total. The fourth-order valence-electron chi connectivity index (χ4n) is 9.66. The Morgan fingerprint density at radius 1 is 0.544 bits per heavy atom. The van der Waals surface area contributed by atoms with Crippen molar-refractivity contribution in [3.05, 3.63) is 110 Å². The molecular formula is C72H99Cl5F3N15O8. The summed E-state index contributed by atoms with van der Waals surface area (Å²) < 4.78 is 52.2. The van der Waals surface area contributed by atoms with Gasteiger partial charge in [-0.2, -0.15) is 23.1 Å². The summed E-state index contributed by atoms with van der Waals surface area (Å²) in [7, 11) is 6.48. The topological polar surface area (TPSA) is 335 Å². The molecule has 8 aromatic rings. The van der Waals surface area contributed by atoms with E-state index in [-0.39, 0.29) is 57.8 Å². The van der Waals surface area contributed by atoms with E-state index in [0.29, 0.717) is 110 Å².